The summed E-state index contributed by atoms with van der Waals surface area (Å²) in [5, 5.41) is 0. The van der Waals surface area contributed by atoms with E-state index < -0.39 is 23.6 Å². The van der Waals surface area contributed by atoms with E-state index >= 15 is 0 Å². The minimum absolute atomic E-state index is 0.0120. The summed E-state index contributed by atoms with van der Waals surface area (Å²) in [7, 11) is 0. The predicted molar refractivity (Wildman–Crippen MR) is 101 cm³/mol. The highest BCUT2D eigenvalue weighted by Crippen LogP contribution is 2.50. The zero-order valence-corrected chi connectivity index (χ0v) is 16.1. The molecule has 1 aliphatic carbocycles. The van der Waals surface area contributed by atoms with Crippen LogP contribution in [0, 0.1) is 5.92 Å². The Balaban J connectivity index is 1.29. The van der Waals surface area contributed by atoms with Crippen LogP contribution in [-0.4, -0.2) is 41.9 Å². The van der Waals surface area contributed by atoms with Crippen molar-refractivity contribution in [2.45, 2.75) is 43.7 Å². The number of allylic oxidation sites excluding steroid dienone is 1. The van der Waals surface area contributed by atoms with Gasteiger partial charge in [0.15, 0.2) is 0 Å². The fourth-order valence-corrected chi connectivity index (χ4v) is 4.39. The maximum Gasteiger partial charge on any atom is 0.416 e. The van der Waals surface area contributed by atoms with Crippen molar-refractivity contribution in [2.75, 3.05) is 26.2 Å². The van der Waals surface area contributed by atoms with Crippen LogP contribution in [0.2, 0.25) is 0 Å². The van der Waals surface area contributed by atoms with Gasteiger partial charge < -0.3 is 9.80 Å². The van der Waals surface area contributed by atoms with Crippen LogP contribution in [0.15, 0.2) is 48.3 Å². The minimum Gasteiger partial charge on any atom is -0.373 e. The van der Waals surface area contributed by atoms with Crippen molar-refractivity contribution in [1.29, 1.82) is 0 Å². The topological polar surface area (TPSA) is 6.48 Å². The second kappa shape index (κ2) is 7.65. The Morgan fingerprint density at radius 2 is 1.76 bits per heavy atom. The molecule has 29 heavy (non-hydrogen) atoms. The Labute approximate surface area is 167 Å². The molecule has 158 valence electrons. The third kappa shape index (κ3) is 4.59. The maximum atomic E-state index is 13.3. The molecular formula is C22H25F5N2. The summed E-state index contributed by atoms with van der Waals surface area (Å²) in [4.78, 5) is 4.24. The average molecular weight is 412 g/mol. The number of nitrogens with zero attached hydrogens (tertiary/aromatic N) is 2. The van der Waals surface area contributed by atoms with Crippen LogP contribution in [-0.2, 0) is 6.18 Å². The number of alkyl halides is 5. The first-order valence-electron chi connectivity index (χ1n) is 10.2. The molecule has 2 aliphatic heterocycles. The quantitative estimate of drug-likeness (QED) is 0.577. The van der Waals surface area contributed by atoms with Crippen molar-refractivity contribution in [3.63, 3.8) is 0 Å². The van der Waals surface area contributed by atoms with Gasteiger partial charge in [-0.15, -0.1) is 0 Å². The molecule has 2 heterocycles. The van der Waals surface area contributed by atoms with Crippen molar-refractivity contribution in [2.24, 2.45) is 5.92 Å². The molecule has 1 unspecified atom stereocenters. The van der Waals surface area contributed by atoms with Gasteiger partial charge in [-0.25, -0.2) is 8.78 Å². The normalized spacial score (nSPS) is 24.6. The highest BCUT2D eigenvalue weighted by molar-refractivity contribution is 5.33. The van der Waals surface area contributed by atoms with Crippen LogP contribution in [0.5, 0.6) is 0 Å². The van der Waals surface area contributed by atoms with Gasteiger partial charge in [0.25, 0.3) is 5.92 Å². The summed E-state index contributed by atoms with van der Waals surface area (Å²) in [5.74, 6) is -3.02. The summed E-state index contributed by atoms with van der Waals surface area (Å²) in [6.07, 6.45) is 3.56. The standard InChI is InChI=1S/C22H25F5N2/c23-21(24)15-17(21)7-10-28-11-8-18(9-12-28)29-13-5-16(6-14-29)19-3-1-2-4-20(19)22(25,26)27/h1-4,8-9,11,16-17H,5-7,10,12-15H2. The van der Waals surface area contributed by atoms with E-state index in [1.165, 1.54) is 12.1 Å². The fourth-order valence-electron chi connectivity index (χ4n) is 4.39. The number of piperidine rings is 1. The van der Waals surface area contributed by atoms with E-state index in [-0.39, 0.29) is 12.3 Å². The first-order chi connectivity index (χ1) is 13.7. The number of rotatable bonds is 5. The molecule has 1 aromatic carbocycles. The molecule has 0 radical (unpaired) electrons. The molecule has 3 aliphatic rings. The number of benzene rings is 1. The first-order valence-corrected chi connectivity index (χ1v) is 10.2. The molecule has 1 saturated heterocycles. The third-order valence-corrected chi connectivity index (χ3v) is 6.28. The van der Waals surface area contributed by atoms with Gasteiger partial charge >= 0.3 is 6.18 Å². The second-order valence-corrected chi connectivity index (χ2v) is 8.24. The van der Waals surface area contributed by atoms with Gasteiger partial charge in [-0.05, 0) is 49.0 Å². The SMILES string of the molecule is FC(F)(F)c1ccccc1C1CCN(C2=CCN(CCC3CC3(F)F)C=C2)CC1. The van der Waals surface area contributed by atoms with Gasteiger partial charge in [0.2, 0.25) is 0 Å². The summed E-state index contributed by atoms with van der Waals surface area (Å²) < 4.78 is 65.8. The molecule has 0 spiro atoms. The lowest BCUT2D eigenvalue weighted by molar-refractivity contribution is -0.138. The first kappa shape index (κ1) is 20.2. The van der Waals surface area contributed by atoms with Gasteiger partial charge in [0, 0.05) is 50.4 Å². The molecule has 1 saturated carbocycles. The molecule has 0 aromatic heterocycles. The molecular weight excluding hydrogens is 387 g/mol. The molecule has 2 nitrogen and oxygen atoms in total. The van der Waals surface area contributed by atoms with Crippen LogP contribution < -0.4 is 0 Å². The molecule has 1 atom stereocenters. The highest BCUT2D eigenvalue weighted by Gasteiger charge is 2.56. The fraction of sp³-hybridized carbons (Fsp3) is 0.545. The minimum atomic E-state index is -4.32. The number of hydrogen-bond donors (Lipinski definition) is 0. The molecule has 0 N–H and O–H groups in total. The number of hydrogen-bond acceptors (Lipinski definition) is 2. The van der Waals surface area contributed by atoms with Crippen LogP contribution in [0.25, 0.3) is 0 Å². The molecule has 2 fully saturated rings. The van der Waals surface area contributed by atoms with Crippen LogP contribution >= 0.6 is 0 Å². The zero-order valence-electron chi connectivity index (χ0n) is 16.1. The molecule has 0 amide bonds. The Morgan fingerprint density at radius 3 is 2.34 bits per heavy atom. The van der Waals surface area contributed by atoms with Crippen molar-refractivity contribution in [3.05, 3.63) is 59.4 Å². The zero-order chi connectivity index (χ0) is 20.6. The van der Waals surface area contributed by atoms with Gasteiger partial charge in [-0.2, -0.15) is 13.2 Å². The van der Waals surface area contributed by atoms with Gasteiger partial charge in [0.05, 0.1) is 5.56 Å². The highest BCUT2D eigenvalue weighted by atomic mass is 19.4. The summed E-state index contributed by atoms with van der Waals surface area (Å²) in [5.41, 5.74) is 0.948. The van der Waals surface area contributed by atoms with Gasteiger partial charge in [0.1, 0.15) is 0 Å². The van der Waals surface area contributed by atoms with Crippen molar-refractivity contribution < 1.29 is 22.0 Å². The summed E-state index contributed by atoms with van der Waals surface area (Å²) in [6, 6.07) is 5.88. The Hall–Kier alpha value is -2.05. The van der Waals surface area contributed by atoms with Gasteiger partial charge in [-0.3, -0.25) is 0 Å². The van der Waals surface area contributed by atoms with Crippen LogP contribution in [0.1, 0.15) is 42.7 Å². The Kier molecular flexibility index (Phi) is 5.34. The van der Waals surface area contributed by atoms with E-state index in [1.54, 1.807) is 12.1 Å². The molecule has 0 bridgehead atoms. The second-order valence-electron chi connectivity index (χ2n) is 8.24. The molecule has 1 aromatic rings. The number of halogens is 5. The third-order valence-electron chi connectivity index (χ3n) is 6.28. The lowest BCUT2D eigenvalue weighted by atomic mass is 9.86. The number of likely N-dealkylation sites (tertiary alicyclic amines) is 1. The van der Waals surface area contributed by atoms with E-state index in [9.17, 15) is 22.0 Å². The van der Waals surface area contributed by atoms with E-state index in [1.807, 2.05) is 17.2 Å². The van der Waals surface area contributed by atoms with E-state index in [2.05, 4.69) is 11.0 Å². The Morgan fingerprint density at radius 1 is 1.07 bits per heavy atom. The van der Waals surface area contributed by atoms with Crippen molar-refractivity contribution in [1.82, 2.24) is 9.80 Å². The largest absolute Gasteiger partial charge is 0.416 e. The van der Waals surface area contributed by atoms with Crippen LogP contribution in [0.4, 0.5) is 22.0 Å². The predicted octanol–water partition coefficient (Wildman–Crippen LogP) is 5.64. The van der Waals surface area contributed by atoms with E-state index in [4.69, 9.17) is 0 Å². The van der Waals surface area contributed by atoms with Crippen LogP contribution in [0.3, 0.4) is 0 Å². The summed E-state index contributed by atoms with van der Waals surface area (Å²) in [6.45, 7) is 2.72. The lowest BCUT2D eigenvalue weighted by Gasteiger charge is -2.36. The van der Waals surface area contributed by atoms with Crippen molar-refractivity contribution in [3.8, 4) is 0 Å². The lowest BCUT2D eigenvalue weighted by Crippen LogP contribution is -2.34. The van der Waals surface area contributed by atoms with E-state index in [0.717, 1.165) is 5.70 Å². The van der Waals surface area contributed by atoms with E-state index in [0.29, 0.717) is 51.0 Å². The molecule has 7 heteroatoms. The summed E-state index contributed by atoms with van der Waals surface area (Å²) >= 11 is 0. The smallest absolute Gasteiger partial charge is 0.373 e. The molecule has 4 rings (SSSR count). The maximum absolute atomic E-state index is 13.3. The van der Waals surface area contributed by atoms with Gasteiger partial charge in [-0.1, -0.05) is 18.2 Å². The van der Waals surface area contributed by atoms with Crippen molar-refractivity contribution >= 4 is 0 Å². The average Bonchev–Trinajstić information content (AvgIpc) is 3.33. The Bertz CT molecular complexity index is 791. The monoisotopic (exact) mass is 412 g/mol.